The SMILES string of the molecule is CC(NC(=O)C(CCC(=O)O)NC(=O)C(Cc1c[nH]c2ccccc12)NC(=O)C(N)Cc1c[nH]c2ccccc12)C(=O)O. The topological polar surface area (TPSA) is 219 Å². The minimum atomic E-state index is -1.37. The molecule has 4 atom stereocenters. The van der Waals surface area contributed by atoms with E-state index in [4.69, 9.17) is 10.8 Å². The van der Waals surface area contributed by atoms with Gasteiger partial charge in [0.25, 0.3) is 0 Å². The number of hydrogen-bond donors (Lipinski definition) is 8. The summed E-state index contributed by atoms with van der Waals surface area (Å²) in [7, 11) is 0. The summed E-state index contributed by atoms with van der Waals surface area (Å²) in [4.78, 5) is 68.5. The van der Waals surface area contributed by atoms with E-state index in [1.807, 2.05) is 48.5 Å². The van der Waals surface area contributed by atoms with Crippen LogP contribution in [0.3, 0.4) is 0 Å². The van der Waals surface area contributed by atoms with Gasteiger partial charge >= 0.3 is 11.9 Å². The van der Waals surface area contributed by atoms with Gasteiger partial charge in [0.2, 0.25) is 17.7 Å². The normalized spacial score (nSPS) is 14.0. The van der Waals surface area contributed by atoms with Crippen LogP contribution in [0.4, 0.5) is 0 Å². The van der Waals surface area contributed by atoms with E-state index in [0.29, 0.717) is 5.56 Å². The fourth-order valence-electron chi connectivity index (χ4n) is 4.82. The zero-order valence-corrected chi connectivity index (χ0v) is 23.4. The van der Waals surface area contributed by atoms with Crippen molar-refractivity contribution in [1.29, 1.82) is 0 Å². The van der Waals surface area contributed by atoms with Crippen molar-refractivity contribution < 1.29 is 34.2 Å². The van der Waals surface area contributed by atoms with E-state index in [-0.39, 0.29) is 19.3 Å². The van der Waals surface area contributed by atoms with Gasteiger partial charge in [-0.15, -0.1) is 0 Å². The Bertz CT molecular complexity index is 1640. The highest BCUT2D eigenvalue weighted by Gasteiger charge is 2.30. The summed E-state index contributed by atoms with van der Waals surface area (Å²) in [6.45, 7) is 1.24. The predicted molar refractivity (Wildman–Crippen MR) is 158 cm³/mol. The molecule has 0 bridgehead atoms. The van der Waals surface area contributed by atoms with Crippen molar-refractivity contribution >= 4 is 51.5 Å². The number of carbonyl (C=O) groups is 5. The lowest BCUT2D eigenvalue weighted by Gasteiger charge is -2.24. The molecule has 13 nitrogen and oxygen atoms in total. The first-order valence-electron chi connectivity index (χ1n) is 13.7. The lowest BCUT2D eigenvalue weighted by Crippen LogP contribution is -2.57. The number of amides is 3. The number of fused-ring (bicyclic) bond motifs is 2. The van der Waals surface area contributed by atoms with E-state index in [1.54, 1.807) is 12.4 Å². The van der Waals surface area contributed by atoms with Gasteiger partial charge in [0, 0.05) is 47.0 Å². The zero-order chi connectivity index (χ0) is 31.1. The number of carboxylic acids is 2. The van der Waals surface area contributed by atoms with Crippen molar-refractivity contribution in [2.24, 2.45) is 5.73 Å². The molecular formula is C30H34N6O7. The van der Waals surface area contributed by atoms with Gasteiger partial charge in [0.15, 0.2) is 0 Å². The van der Waals surface area contributed by atoms with E-state index in [9.17, 15) is 29.1 Å². The monoisotopic (exact) mass is 590 g/mol. The number of aromatic nitrogens is 2. The smallest absolute Gasteiger partial charge is 0.325 e. The van der Waals surface area contributed by atoms with Crippen LogP contribution in [-0.4, -0.2) is 74.0 Å². The molecule has 226 valence electrons. The summed E-state index contributed by atoms with van der Waals surface area (Å²) < 4.78 is 0. The molecular weight excluding hydrogens is 556 g/mol. The van der Waals surface area contributed by atoms with Crippen molar-refractivity contribution in [3.05, 3.63) is 72.1 Å². The summed E-state index contributed by atoms with van der Waals surface area (Å²) in [5.41, 5.74) is 9.53. The Kier molecular flexibility index (Phi) is 9.78. The lowest BCUT2D eigenvalue weighted by molar-refractivity contribution is -0.142. The van der Waals surface area contributed by atoms with Gasteiger partial charge < -0.3 is 41.9 Å². The maximum absolute atomic E-state index is 13.6. The Labute approximate surface area is 246 Å². The number of nitrogens with two attached hydrogens (primary N) is 1. The molecule has 0 fully saturated rings. The third kappa shape index (κ3) is 7.77. The molecule has 43 heavy (non-hydrogen) atoms. The fourth-order valence-corrected chi connectivity index (χ4v) is 4.82. The second-order valence-corrected chi connectivity index (χ2v) is 10.4. The molecule has 0 aliphatic rings. The first kappa shape index (κ1) is 30.8. The minimum Gasteiger partial charge on any atom is -0.481 e. The highest BCUT2D eigenvalue weighted by molar-refractivity contribution is 5.95. The van der Waals surface area contributed by atoms with Crippen molar-refractivity contribution in [2.45, 2.75) is 56.8 Å². The molecule has 0 saturated heterocycles. The van der Waals surface area contributed by atoms with Crippen molar-refractivity contribution in [3.8, 4) is 0 Å². The number of H-pyrrole nitrogens is 2. The van der Waals surface area contributed by atoms with Gasteiger partial charge in [-0.1, -0.05) is 36.4 Å². The Hall–Kier alpha value is -5.17. The average molecular weight is 591 g/mol. The standard InChI is InChI=1S/C30H34N6O7/c1-16(30(42)43)34-28(40)24(10-11-26(37)38)35-29(41)25(13-18-15-33-23-9-5-3-7-20(18)23)36-27(39)21(31)12-17-14-32-22-8-4-2-6-19(17)22/h2-9,14-16,21,24-25,32-33H,10-13,31H2,1H3,(H,34,40)(H,35,41)(H,36,39)(H,37,38)(H,42,43). The molecule has 4 unspecified atom stereocenters. The number of carbonyl (C=O) groups excluding carboxylic acids is 3. The van der Waals surface area contributed by atoms with Crippen LogP contribution < -0.4 is 21.7 Å². The van der Waals surface area contributed by atoms with Crippen molar-refractivity contribution in [1.82, 2.24) is 25.9 Å². The van der Waals surface area contributed by atoms with Gasteiger partial charge in [-0.2, -0.15) is 0 Å². The summed E-state index contributed by atoms with van der Waals surface area (Å²) in [6.07, 6.45) is 2.94. The molecule has 4 aromatic rings. The summed E-state index contributed by atoms with van der Waals surface area (Å²) in [5.74, 6) is -4.73. The number of hydrogen-bond acceptors (Lipinski definition) is 6. The highest BCUT2D eigenvalue weighted by Crippen LogP contribution is 2.21. The number of nitrogens with one attached hydrogen (secondary N) is 5. The van der Waals surface area contributed by atoms with Gasteiger partial charge in [-0.25, -0.2) is 0 Å². The number of aliphatic carboxylic acids is 2. The van der Waals surface area contributed by atoms with E-state index in [0.717, 1.165) is 27.4 Å². The largest absolute Gasteiger partial charge is 0.481 e. The minimum absolute atomic E-state index is 0.0280. The molecule has 4 rings (SSSR count). The molecule has 3 amide bonds. The molecule has 0 radical (unpaired) electrons. The summed E-state index contributed by atoms with van der Waals surface area (Å²) >= 11 is 0. The third-order valence-electron chi connectivity index (χ3n) is 7.19. The number of benzene rings is 2. The van der Waals surface area contributed by atoms with Crippen molar-refractivity contribution in [3.63, 3.8) is 0 Å². The summed E-state index contributed by atoms with van der Waals surface area (Å²) in [6, 6.07) is 10.1. The Morgan fingerprint density at radius 1 is 0.744 bits per heavy atom. The third-order valence-corrected chi connectivity index (χ3v) is 7.19. The maximum atomic E-state index is 13.6. The second-order valence-electron chi connectivity index (χ2n) is 10.4. The lowest BCUT2D eigenvalue weighted by atomic mass is 10.0. The van der Waals surface area contributed by atoms with Crippen LogP contribution in [0.15, 0.2) is 60.9 Å². The molecule has 9 N–H and O–H groups in total. The maximum Gasteiger partial charge on any atom is 0.325 e. The van der Waals surface area contributed by atoms with Crippen LogP contribution in [0.5, 0.6) is 0 Å². The van der Waals surface area contributed by atoms with E-state index in [2.05, 4.69) is 25.9 Å². The van der Waals surface area contributed by atoms with Gasteiger partial charge in [0.05, 0.1) is 6.04 Å². The van der Waals surface area contributed by atoms with Crippen LogP contribution in [0.25, 0.3) is 21.8 Å². The van der Waals surface area contributed by atoms with Gasteiger partial charge in [-0.05, 0) is 43.0 Å². The molecule has 0 aliphatic heterocycles. The number of para-hydroxylation sites is 2. The van der Waals surface area contributed by atoms with Gasteiger partial charge in [0.1, 0.15) is 18.1 Å². The van der Waals surface area contributed by atoms with Crippen LogP contribution in [-0.2, 0) is 36.8 Å². The van der Waals surface area contributed by atoms with Crippen LogP contribution in [0.2, 0.25) is 0 Å². The van der Waals surface area contributed by atoms with E-state index >= 15 is 0 Å². The summed E-state index contributed by atoms with van der Waals surface area (Å²) in [5, 5.41) is 27.6. The first-order chi connectivity index (χ1) is 20.5. The highest BCUT2D eigenvalue weighted by atomic mass is 16.4. The van der Waals surface area contributed by atoms with E-state index in [1.165, 1.54) is 6.92 Å². The number of carboxylic acid groups (broad SMARTS) is 2. The fraction of sp³-hybridized carbons (Fsp3) is 0.300. The number of aromatic amines is 2. The zero-order valence-electron chi connectivity index (χ0n) is 23.4. The first-order valence-corrected chi connectivity index (χ1v) is 13.7. The van der Waals surface area contributed by atoms with Crippen LogP contribution >= 0.6 is 0 Å². The Morgan fingerprint density at radius 3 is 1.81 bits per heavy atom. The molecule has 0 aliphatic carbocycles. The van der Waals surface area contributed by atoms with Crippen molar-refractivity contribution in [2.75, 3.05) is 0 Å². The average Bonchev–Trinajstić information content (AvgIpc) is 3.58. The predicted octanol–water partition coefficient (Wildman–Crippen LogP) is 1.19. The molecule has 13 heteroatoms. The quantitative estimate of drug-likeness (QED) is 0.106. The van der Waals surface area contributed by atoms with Crippen LogP contribution in [0, 0.1) is 0 Å². The van der Waals surface area contributed by atoms with E-state index < -0.39 is 60.2 Å². The molecule has 0 saturated carbocycles. The Morgan fingerprint density at radius 2 is 1.26 bits per heavy atom. The molecule has 2 heterocycles. The van der Waals surface area contributed by atoms with Gasteiger partial charge in [-0.3, -0.25) is 24.0 Å². The number of rotatable bonds is 14. The molecule has 2 aromatic carbocycles. The molecule has 2 aromatic heterocycles. The Balaban J connectivity index is 1.55. The molecule has 0 spiro atoms. The second kappa shape index (κ2) is 13.7. The van der Waals surface area contributed by atoms with Crippen LogP contribution in [0.1, 0.15) is 30.9 Å².